The molecule has 1 saturated carbocycles. The predicted molar refractivity (Wildman–Crippen MR) is 110 cm³/mol. The highest BCUT2D eigenvalue weighted by molar-refractivity contribution is 14.0. The van der Waals surface area contributed by atoms with Gasteiger partial charge >= 0.3 is 0 Å². The van der Waals surface area contributed by atoms with Crippen molar-refractivity contribution in [2.75, 3.05) is 26.7 Å². The molecule has 0 aromatic carbocycles. The van der Waals surface area contributed by atoms with Crippen LogP contribution in [0.4, 0.5) is 0 Å². The Labute approximate surface area is 167 Å². The summed E-state index contributed by atoms with van der Waals surface area (Å²) in [5.74, 6) is 0.960. The first kappa shape index (κ1) is 22.0. The van der Waals surface area contributed by atoms with E-state index in [1.54, 1.807) is 7.05 Å². The molecule has 0 aromatic rings. The topological polar surface area (TPSA) is 99.8 Å². The lowest BCUT2D eigenvalue weighted by atomic mass is 9.95. The fourth-order valence-electron chi connectivity index (χ4n) is 3.70. The quantitative estimate of drug-likeness (QED) is 0.312. The number of guanidine groups is 1. The Kier molecular flexibility index (Phi) is 10.1. The van der Waals surface area contributed by atoms with Gasteiger partial charge < -0.3 is 21.3 Å². The van der Waals surface area contributed by atoms with Crippen molar-refractivity contribution in [3.05, 3.63) is 0 Å². The third kappa shape index (κ3) is 7.79. The number of carbonyl (C=O) groups excluding carboxylic acids is 2. The largest absolute Gasteiger partial charge is 0.370 e. The fourth-order valence-corrected chi connectivity index (χ4v) is 3.70. The minimum atomic E-state index is -0.242. The molecule has 8 heteroatoms. The van der Waals surface area contributed by atoms with E-state index < -0.39 is 0 Å². The van der Waals surface area contributed by atoms with E-state index in [1.165, 1.54) is 12.8 Å². The molecule has 2 aliphatic rings. The number of primary amides is 1. The highest BCUT2D eigenvalue weighted by atomic mass is 127. The molecule has 25 heavy (non-hydrogen) atoms. The summed E-state index contributed by atoms with van der Waals surface area (Å²) in [4.78, 5) is 29.5. The first-order valence-corrected chi connectivity index (χ1v) is 9.11. The molecule has 1 unspecified atom stereocenters. The van der Waals surface area contributed by atoms with Gasteiger partial charge in [-0.25, -0.2) is 0 Å². The fraction of sp³-hybridized carbons (Fsp3) is 0.824. The zero-order valence-electron chi connectivity index (χ0n) is 15.1. The van der Waals surface area contributed by atoms with E-state index in [-0.39, 0.29) is 35.8 Å². The van der Waals surface area contributed by atoms with Crippen LogP contribution in [0.15, 0.2) is 4.99 Å². The Morgan fingerprint density at radius 3 is 2.56 bits per heavy atom. The molecule has 0 radical (unpaired) electrons. The van der Waals surface area contributed by atoms with Crippen LogP contribution in [0.5, 0.6) is 0 Å². The number of piperidine rings is 1. The second kappa shape index (κ2) is 11.5. The normalized spacial score (nSPS) is 21.6. The van der Waals surface area contributed by atoms with Gasteiger partial charge in [0.15, 0.2) is 5.96 Å². The summed E-state index contributed by atoms with van der Waals surface area (Å²) in [7, 11) is 1.75. The average molecular weight is 465 g/mol. The van der Waals surface area contributed by atoms with Gasteiger partial charge in [-0.3, -0.25) is 14.6 Å². The Hall–Kier alpha value is -1.06. The van der Waals surface area contributed by atoms with E-state index in [2.05, 4.69) is 20.5 Å². The molecule has 1 aliphatic heterocycles. The van der Waals surface area contributed by atoms with Crippen molar-refractivity contribution in [1.82, 2.24) is 15.5 Å². The van der Waals surface area contributed by atoms with Crippen LogP contribution in [-0.4, -0.2) is 55.4 Å². The Morgan fingerprint density at radius 2 is 1.92 bits per heavy atom. The van der Waals surface area contributed by atoms with Crippen molar-refractivity contribution in [2.45, 2.75) is 57.4 Å². The molecular formula is C17H32IN5O2. The minimum absolute atomic E-state index is 0. The van der Waals surface area contributed by atoms with E-state index in [0.717, 1.165) is 44.7 Å². The molecule has 1 aliphatic carbocycles. The number of nitrogens with one attached hydrogen (secondary N) is 2. The number of aliphatic imine (C=N–C) groups is 1. The van der Waals surface area contributed by atoms with Crippen LogP contribution < -0.4 is 16.4 Å². The van der Waals surface area contributed by atoms with Crippen molar-refractivity contribution in [1.29, 1.82) is 0 Å². The van der Waals surface area contributed by atoms with E-state index in [1.807, 2.05) is 0 Å². The summed E-state index contributed by atoms with van der Waals surface area (Å²) >= 11 is 0. The van der Waals surface area contributed by atoms with Crippen LogP contribution in [0.3, 0.4) is 0 Å². The van der Waals surface area contributed by atoms with Gasteiger partial charge in [0, 0.05) is 45.6 Å². The molecule has 0 spiro atoms. The summed E-state index contributed by atoms with van der Waals surface area (Å²) in [6.07, 6.45) is 7.59. The number of amides is 2. The molecule has 4 N–H and O–H groups in total. The maximum Gasteiger partial charge on any atom is 0.221 e. The van der Waals surface area contributed by atoms with Gasteiger partial charge in [0.1, 0.15) is 0 Å². The van der Waals surface area contributed by atoms with Gasteiger partial charge in [-0.2, -0.15) is 0 Å². The monoisotopic (exact) mass is 465 g/mol. The van der Waals surface area contributed by atoms with Gasteiger partial charge in [-0.1, -0.05) is 12.8 Å². The van der Waals surface area contributed by atoms with E-state index >= 15 is 0 Å². The van der Waals surface area contributed by atoms with Crippen molar-refractivity contribution in [3.8, 4) is 0 Å². The zero-order chi connectivity index (χ0) is 17.4. The highest BCUT2D eigenvalue weighted by Gasteiger charge is 2.23. The SMILES string of the molecule is CN=C(NCCC(=O)NC1CCCC1)N1CCCC(CC(N)=O)C1.I. The standard InChI is InChI=1S/C17H31N5O2.HI/c1-19-17(22-10-4-5-13(12-22)11-15(18)23)20-9-8-16(24)21-14-6-2-3-7-14;/h13-14H,2-12H2,1H3,(H2,18,23)(H,19,20)(H,21,24);1H. The first-order valence-electron chi connectivity index (χ1n) is 9.11. The number of rotatable bonds is 6. The molecule has 0 aromatic heterocycles. The third-order valence-corrected chi connectivity index (χ3v) is 4.88. The second-order valence-electron chi connectivity index (χ2n) is 6.90. The smallest absolute Gasteiger partial charge is 0.221 e. The van der Waals surface area contributed by atoms with Crippen molar-refractivity contribution < 1.29 is 9.59 Å². The van der Waals surface area contributed by atoms with E-state index in [0.29, 0.717) is 31.3 Å². The van der Waals surface area contributed by atoms with Crippen molar-refractivity contribution in [2.24, 2.45) is 16.6 Å². The molecule has 2 fully saturated rings. The lowest BCUT2D eigenvalue weighted by Crippen LogP contribution is -2.48. The Morgan fingerprint density at radius 1 is 1.20 bits per heavy atom. The van der Waals surface area contributed by atoms with Gasteiger partial charge in [0.05, 0.1) is 0 Å². The number of hydrogen-bond acceptors (Lipinski definition) is 3. The molecule has 1 atom stereocenters. The van der Waals surface area contributed by atoms with Crippen LogP contribution in [0.1, 0.15) is 51.4 Å². The summed E-state index contributed by atoms with van der Waals surface area (Å²) in [5.41, 5.74) is 5.31. The average Bonchev–Trinajstić information content (AvgIpc) is 3.04. The maximum atomic E-state index is 12.0. The van der Waals surface area contributed by atoms with Crippen molar-refractivity contribution in [3.63, 3.8) is 0 Å². The van der Waals surface area contributed by atoms with Crippen LogP contribution in [0.2, 0.25) is 0 Å². The van der Waals surface area contributed by atoms with Gasteiger partial charge in [-0.15, -0.1) is 24.0 Å². The Balaban J connectivity index is 0.00000312. The van der Waals surface area contributed by atoms with Crippen molar-refractivity contribution >= 4 is 41.8 Å². The van der Waals surface area contributed by atoms with Gasteiger partial charge in [-0.05, 0) is 31.6 Å². The van der Waals surface area contributed by atoms with Gasteiger partial charge in [0.25, 0.3) is 0 Å². The summed E-state index contributed by atoms with van der Waals surface area (Å²) in [5, 5.41) is 6.36. The van der Waals surface area contributed by atoms with Crippen LogP contribution in [-0.2, 0) is 9.59 Å². The second-order valence-corrected chi connectivity index (χ2v) is 6.90. The number of halogens is 1. The molecule has 7 nitrogen and oxygen atoms in total. The summed E-state index contributed by atoms with van der Waals surface area (Å²) in [6.45, 7) is 2.28. The first-order chi connectivity index (χ1) is 11.6. The maximum absolute atomic E-state index is 12.0. The number of nitrogens with two attached hydrogens (primary N) is 1. The van der Waals surface area contributed by atoms with Gasteiger partial charge in [0.2, 0.25) is 11.8 Å². The van der Waals surface area contributed by atoms with E-state index in [9.17, 15) is 9.59 Å². The molecule has 144 valence electrons. The molecule has 1 heterocycles. The predicted octanol–water partition coefficient (Wildman–Crippen LogP) is 1.22. The third-order valence-electron chi connectivity index (χ3n) is 4.88. The lowest BCUT2D eigenvalue weighted by molar-refractivity contribution is -0.121. The van der Waals surface area contributed by atoms with Crippen LogP contribution in [0.25, 0.3) is 0 Å². The molecule has 2 amide bonds. The highest BCUT2D eigenvalue weighted by Crippen LogP contribution is 2.19. The van der Waals surface area contributed by atoms with E-state index in [4.69, 9.17) is 5.73 Å². The molecule has 0 bridgehead atoms. The molecular weight excluding hydrogens is 433 g/mol. The summed E-state index contributed by atoms with van der Waals surface area (Å²) < 4.78 is 0. The zero-order valence-corrected chi connectivity index (χ0v) is 17.5. The molecule has 2 rings (SSSR count). The Bertz CT molecular complexity index is 466. The number of hydrogen-bond donors (Lipinski definition) is 3. The number of carbonyl (C=O) groups is 2. The lowest BCUT2D eigenvalue weighted by Gasteiger charge is -2.34. The van der Waals surface area contributed by atoms with Crippen LogP contribution >= 0.6 is 24.0 Å². The van der Waals surface area contributed by atoms with Crippen LogP contribution in [0, 0.1) is 5.92 Å². The summed E-state index contributed by atoms with van der Waals surface area (Å²) in [6, 6.07) is 0.369. The number of likely N-dealkylation sites (tertiary alicyclic amines) is 1. The number of nitrogens with zero attached hydrogens (tertiary/aromatic N) is 2. The molecule has 1 saturated heterocycles. The minimum Gasteiger partial charge on any atom is -0.370 e.